The first-order valence-corrected chi connectivity index (χ1v) is 7.61. The quantitative estimate of drug-likeness (QED) is 0.484. The van der Waals surface area contributed by atoms with Gasteiger partial charge in [0, 0.05) is 0 Å². The Morgan fingerprint density at radius 3 is 1.25 bits per heavy atom. The van der Waals surface area contributed by atoms with Gasteiger partial charge < -0.3 is 9.13 Å². The molecule has 4 heteroatoms. The van der Waals surface area contributed by atoms with Crippen LogP contribution < -0.4 is 0 Å². The summed E-state index contributed by atoms with van der Waals surface area (Å²) in [6.45, 7) is 13.0. The Balaban J connectivity index is 4.02. The van der Waals surface area contributed by atoms with Gasteiger partial charge in [-0.25, -0.2) is 0 Å². The van der Waals surface area contributed by atoms with E-state index in [-0.39, 0.29) is 0 Å². The van der Waals surface area contributed by atoms with Crippen molar-refractivity contribution in [3.05, 3.63) is 0 Å². The second kappa shape index (κ2) is 6.89. The first-order chi connectivity index (χ1) is 5.71. The molecule has 0 rings (SSSR count). The van der Waals surface area contributed by atoms with Crippen LogP contribution in [0.25, 0.3) is 0 Å². The highest BCUT2D eigenvalue weighted by molar-refractivity contribution is 7.03. The van der Waals surface area contributed by atoms with Crippen molar-refractivity contribution in [3.63, 3.8) is 0 Å². The summed E-state index contributed by atoms with van der Waals surface area (Å²) < 4.78 is 4.77. The maximum absolute atomic E-state index is 6.40. The lowest BCUT2D eigenvalue weighted by molar-refractivity contribution is 0.394. The van der Waals surface area contributed by atoms with Crippen molar-refractivity contribution in [2.45, 2.75) is 27.7 Å². The minimum atomic E-state index is -1.29. The van der Waals surface area contributed by atoms with Gasteiger partial charge in [-0.05, 0) is 26.2 Å². The molecule has 0 aromatic carbocycles. The van der Waals surface area contributed by atoms with Crippen LogP contribution in [0.4, 0.5) is 0 Å². The Bertz CT molecular complexity index is 93.2. The summed E-state index contributed by atoms with van der Waals surface area (Å²) in [5, 5.41) is 0. The fraction of sp³-hybridized carbons (Fsp3) is 1.00. The average molecular weight is 209 g/mol. The van der Waals surface area contributed by atoms with Crippen molar-refractivity contribution in [1.29, 1.82) is 0 Å². The van der Waals surface area contributed by atoms with E-state index in [9.17, 15) is 0 Å². The van der Waals surface area contributed by atoms with Crippen molar-refractivity contribution < 1.29 is 0 Å². The Kier molecular flexibility index (Phi) is 7.14. The molecule has 74 valence electrons. The minimum absolute atomic E-state index is 1.08. The van der Waals surface area contributed by atoms with E-state index in [1.54, 1.807) is 0 Å². The van der Waals surface area contributed by atoms with Gasteiger partial charge in [-0.2, -0.15) is 0 Å². The molecule has 12 heavy (non-hydrogen) atoms. The largest absolute Gasteiger partial charge is 0.303 e. The lowest BCUT2D eigenvalue weighted by Crippen LogP contribution is -2.49. The van der Waals surface area contributed by atoms with Crippen molar-refractivity contribution in [1.82, 2.24) is 9.13 Å². The van der Waals surface area contributed by atoms with E-state index in [4.69, 9.17) is 11.1 Å². The summed E-state index contributed by atoms with van der Waals surface area (Å²) in [5.74, 6) is 0. The van der Waals surface area contributed by atoms with Gasteiger partial charge >= 0.3 is 0 Å². The topological polar surface area (TPSA) is 6.48 Å². The summed E-state index contributed by atoms with van der Waals surface area (Å²) in [4.78, 5) is 0. The van der Waals surface area contributed by atoms with E-state index in [2.05, 4.69) is 36.8 Å². The maximum atomic E-state index is 6.40. The summed E-state index contributed by atoms with van der Waals surface area (Å²) in [7, 11) is -1.29. The molecule has 0 aromatic heterocycles. The van der Waals surface area contributed by atoms with E-state index in [0.29, 0.717) is 0 Å². The molecule has 0 atom stereocenters. The number of hydrogen-bond acceptors (Lipinski definition) is 2. The summed E-state index contributed by atoms with van der Waals surface area (Å²) in [6, 6.07) is 0. The van der Waals surface area contributed by atoms with Crippen LogP contribution in [-0.4, -0.2) is 43.7 Å². The summed E-state index contributed by atoms with van der Waals surface area (Å²) in [6.07, 6.45) is 0. The van der Waals surface area contributed by atoms with Crippen LogP contribution in [0.3, 0.4) is 0 Å². The first kappa shape index (κ1) is 12.4. The molecule has 0 bridgehead atoms. The number of rotatable bonds is 6. The van der Waals surface area contributed by atoms with E-state index >= 15 is 0 Å². The van der Waals surface area contributed by atoms with E-state index in [1.807, 2.05) is 0 Å². The van der Waals surface area contributed by atoms with E-state index in [1.165, 1.54) is 0 Å². The van der Waals surface area contributed by atoms with Gasteiger partial charge in [0.25, 0.3) is 8.43 Å². The SMILES string of the molecule is CCN(CC)[SiH](Cl)N(CC)CC. The van der Waals surface area contributed by atoms with Crippen LogP contribution in [0.1, 0.15) is 27.7 Å². The van der Waals surface area contributed by atoms with Gasteiger partial charge in [0.05, 0.1) is 0 Å². The van der Waals surface area contributed by atoms with Crippen molar-refractivity contribution in [2.75, 3.05) is 26.2 Å². The predicted molar refractivity (Wildman–Crippen MR) is 58.8 cm³/mol. The van der Waals surface area contributed by atoms with Gasteiger partial charge in [0.15, 0.2) is 0 Å². The second-order valence-electron chi connectivity index (χ2n) is 2.75. The molecule has 0 aliphatic rings. The van der Waals surface area contributed by atoms with Gasteiger partial charge in [-0.3, -0.25) is 0 Å². The van der Waals surface area contributed by atoms with Crippen LogP contribution in [0, 0.1) is 0 Å². The third-order valence-corrected chi connectivity index (χ3v) is 6.55. The lowest BCUT2D eigenvalue weighted by Gasteiger charge is -2.31. The van der Waals surface area contributed by atoms with Crippen molar-refractivity contribution >= 4 is 19.5 Å². The molecule has 0 radical (unpaired) electrons. The van der Waals surface area contributed by atoms with E-state index < -0.39 is 8.43 Å². The average Bonchev–Trinajstić information content (AvgIpc) is 2.09. The summed E-state index contributed by atoms with van der Waals surface area (Å²) >= 11 is 6.40. The molecule has 0 spiro atoms. The molecule has 0 unspecified atom stereocenters. The lowest BCUT2D eigenvalue weighted by atomic mass is 10.7. The maximum Gasteiger partial charge on any atom is 0.291 e. The third kappa shape index (κ3) is 3.43. The number of hydrogen-bond donors (Lipinski definition) is 0. The molecule has 0 N–H and O–H groups in total. The Morgan fingerprint density at radius 2 is 1.08 bits per heavy atom. The highest BCUT2D eigenvalue weighted by Crippen LogP contribution is 2.05. The van der Waals surface area contributed by atoms with Crippen LogP contribution in [-0.2, 0) is 0 Å². The number of nitrogens with zero attached hydrogens (tertiary/aromatic N) is 2. The fourth-order valence-electron chi connectivity index (χ4n) is 1.28. The zero-order valence-corrected chi connectivity index (χ0v) is 10.6. The highest BCUT2D eigenvalue weighted by atomic mass is 35.6. The Labute approximate surface area is 83.0 Å². The van der Waals surface area contributed by atoms with Crippen LogP contribution in [0.15, 0.2) is 0 Å². The standard InChI is InChI=1S/C8H21ClN2Si/c1-5-10(6-2)12(9)11(7-3)8-4/h12H,5-8H2,1-4H3. The molecule has 0 aromatic rings. The van der Waals surface area contributed by atoms with Gasteiger partial charge in [-0.15, -0.1) is 11.1 Å². The highest BCUT2D eigenvalue weighted by Gasteiger charge is 2.20. The molecule has 0 aliphatic carbocycles. The van der Waals surface area contributed by atoms with Crippen molar-refractivity contribution in [2.24, 2.45) is 0 Å². The smallest absolute Gasteiger partial charge is 0.291 e. The van der Waals surface area contributed by atoms with Gasteiger partial charge in [0.1, 0.15) is 0 Å². The third-order valence-electron chi connectivity index (χ3n) is 2.23. The molecule has 2 nitrogen and oxygen atoms in total. The molecule has 0 saturated heterocycles. The number of halogens is 1. The van der Waals surface area contributed by atoms with Gasteiger partial charge in [0.2, 0.25) is 0 Å². The van der Waals surface area contributed by atoms with Gasteiger partial charge in [-0.1, -0.05) is 27.7 Å². The van der Waals surface area contributed by atoms with Crippen LogP contribution >= 0.6 is 11.1 Å². The molecule has 0 amide bonds. The Morgan fingerprint density at radius 1 is 0.833 bits per heavy atom. The minimum Gasteiger partial charge on any atom is -0.303 e. The van der Waals surface area contributed by atoms with Crippen molar-refractivity contribution in [3.8, 4) is 0 Å². The Hall–Kier alpha value is 0.427. The zero-order valence-electron chi connectivity index (χ0n) is 8.68. The molecular weight excluding hydrogens is 188 g/mol. The first-order valence-electron chi connectivity index (χ1n) is 4.83. The zero-order chi connectivity index (χ0) is 9.56. The molecule has 0 heterocycles. The predicted octanol–water partition coefficient (Wildman–Crippen LogP) is 1.63. The van der Waals surface area contributed by atoms with Crippen LogP contribution in [0.2, 0.25) is 0 Å². The molecular formula is C8H21ClN2Si. The fourth-order valence-corrected chi connectivity index (χ4v) is 4.60. The second-order valence-corrected chi connectivity index (χ2v) is 6.01. The molecule has 0 aliphatic heterocycles. The van der Waals surface area contributed by atoms with Crippen LogP contribution in [0.5, 0.6) is 0 Å². The monoisotopic (exact) mass is 208 g/mol. The normalized spacial score (nSPS) is 12.0. The summed E-state index contributed by atoms with van der Waals surface area (Å²) in [5.41, 5.74) is 0. The van der Waals surface area contributed by atoms with E-state index in [0.717, 1.165) is 26.2 Å². The molecule has 0 saturated carbocycles. The molecule has 0 fully saturated rings.